The highest BCUT2D eigenvalue weighted by atomic mass is 32.1. The Hall–Kier alpha value is -3.77. The number of nitrogens with two attached hydrogens (primary N) is 1. The van der Waals surface area contributed by atoms with Crippen LogP contribution in [0.15, 0.2) is 48.8 Å². The molecule has 0 saturated heterocycles. The lowest BCUT2D eigenvalue weighted by atomic mass is 9.53. The molecule has 0 aliphatic heterocycles. The number of nitriles is 1. The Kier molecular flexibility index (Phi) is 5.30. The molecular weight excluding hydrogens is 438 g/mol. The first kappa shape index (κ1) is 21.1. The lowest BCUT2D eigenvalue weighted by Crippen LogP contribution is -2.58. The van der Waals surface area contributed by atoms with Crippen LogP contribution in [0.3, 0.4) is 0 Å². The van der Waals surface area contributed by atoms with Gasteiger partial charge in [-0.25, -0.2) is 9.97 Å². The van der Waals surface area contributed by atoms with E-state index in [0.717, 1.165) is 31.2 Å². The van der Waals surface area contributed by atoms with E-state index >= 15 is 0 Å². The SMILES string of the molecule is N#Cc1cccc(-c2ncc(C(=O)NC3CC4(C3)CC(Oc3ncccc3C(N)=O)C4)s2)c1. The normalized spacial score (nSPS) is 23.1. The second-order valence-electron chi connectivity index (χ2n) is 8.67. The predicted octanol–water partition coefficient (Wildman–Crippen LogP) is 3.30. The fourth-order valence-electron chi connectivity index (χ4n) is 4.73. The maximum Gasteiger partial charge on any atom is 0.263 e. The third-order valence-electron chi connectivity index (χ3n) is 6.30. The van der Waals surface area contributed by atoms with Gasteiger partial charge in [-0.15, -0.1) is 11.3 Å². The Balaban J connectivity index is 1.12. The number of thiazole rings is 1. The monoisotopic (exact) mass is 459 g/mol. The molecule has 0 radical (unpaired) electrons. The fourth-order valence-corrected chi connectivity index (χ4v) is 5.55. The lowest BCUT2D eigenvalue weighted by molar-refractivity contribution is -0.0848. The lowest BCUT2D eigenvalue weighted by Gasteiger charge is -2.57. The van der Waals surface area contributed by atoms with E-state index in [9.17, 15) is 9.59 Å². The van der Waals surface area contributed by atoms with Gasteiger partial charge in [-0.3, -0.25) is 9.59 Å². The maximum atomic E-state index is 12.7. The van der Waals surface area contributed by atoms with Gasteiger partial charge in [0, 0.05) is 17.8 Å². The summed E-state index contributed by atoms with van der Waals surface area (Å²) < 4.78 is 5.89. The molecule has 9 heteroatoms. The first-order chi connectivity index (χ1) is 15.9. The molecule has 0 unspecified atom stereocenters. The van der Waals surface area contributed by atoms with Crippen LogP contribution in [0.2, 0.25) is 0 Å². The number of pyridine rings is 1. The molecule has 8 nitrogen and oxygen atoms in total. The van der Waals surface area contributed by atoms with Gasteiger partial charge in [0.1, 0.15) is 21.6 Å². The van der Waals surface area contributed by atoms with Gasteiger partial charge in [-0.05, 0) is 55.4 Å². The number of rotatable bonds is 6. The maximum absolute atomic E-state index is 12.7. The van der Waals surface area contributed by atoms with E-state index in [0.29, 0.717) is 21.0 Å². The van der Waals surface area contributed by atoms with Gasteiger partial charge in [-0.1, -0.05) is 12.1 Å². The zero-order valence-electron chi connectivity index (χ0n) is 17.7. The van der Waals surface area contributed by atoms with Gasteiger partial charge < -0.3 is 15.8 Å². The molecule has 2 amide bonds. The van der Waals surface area contributed by atoms with Crippen LogP contribution >= 0.6 is 11.3 Å². The number of hydrogen-bond acceptors (Lipinski definition) is 7. The number of carbonyl (C=O) groups excluding carboxylic acids is 2. The molecule has 0 atom stereocenters. The molecule has 1 spiro atoms. The van der Waals surface area contributed by atoms with Gasteiger partial charge in [0.2, 0.25) is 5.88 Å². The van der Waals surface area contributed by atoms with Crippen LogP contribution in [-0.4, -0.2) is 33.9 Å². The number of amides is 2. The predicted molar refractivity (Wildman–Crippen MR) is 122 cm³/mol. The van der Waals surface area contributed by atoms with Crippen molar-refractivity contribution in [1.82, 2.24) is 15.3 Å². The summed E-state index contributed by atoms with van der Waals surface area (Å²) in [6.45, 7) is 0. The Morgan fingerprint density at radius 3 is 2.76 bits per heavy atom. The molecular formula is C24H21N5O3S. The third-order valence-corrected chi connectivity index (χ3v) is 7.34. The van der Waals surface area contributed by atoms with Crippen LogP contribution in [0.1, 0.15) is 51.3 Å². The van der Waals surface area contributed by atoms with Crippen LogP contribution in [0.25, 0.3) is 10.6 Å². The van der Waals surface area contributed by atoms with Crippen molar-refractivity contribution in [3.63, 3.8) is 0 Å². The van der Waals surface area contributed by atoms with E-state index in [1.165, 1.54) is 11.3 Å². The van der Waals surface area contributed by atoms with E-state index < -0.39 is 5.91 Å². The minimum Gasteiger partial charge on any atom is -0.474 e. The minimum atomic E-state index is -0.553. The second-order valence-corrected chi connectivity index (χ2v) is 9.70. The molecule has 166 valence electrons. The summed E-state index contributed by atoms with van der Waals surface area (Å²) in [6, 6.07) is 12.7. The second kappa shape index (κ2) is 8.30. The minimum absolute atomic E-state index is 0.00267. The first-order valence-corrected chi connectivity index (χ1v) is 11.4. The molecule has 2 saturated carbocycles. The van der Waals surface area contributed by atoms with E-state index in [-0.39, 0.29) is 29.3 Å². The average molecular weight is 460 g/mol. The van der Waals surface area contributed by atoms with E-state index in [1.807, 2.05) is 6.07 Å². The van der Waals surface area contributed by atoms with Crippen molar-refractivity contribution in [2.75, 3.05) is 0 Å². The smallest absolute Gasteiger partial charge is 0.263 e. The summed E-state index contributed by atoms with van der Waals surface area (Å²) >= 11 is 1.32. The average Bonchev–Trinajstić information content (AvgIpc) is 3.27. The van der Waals surface area contributed by atoms with Gasteiger partial charge in [0.15, 0.2) is 0 Å². The number of aromatic nitrogens is 2. The number of benzene rings is 1. The van der Waals surface area contributed by atoms with Gasteiger partial charge in [0.05, 0.1) is 17.8 Å². The highest BCUT2D eigenvalue weighted by Crippen LogP contribution is 2.56. The Labute approximate surface area is 194 Å². The van der Waals surface area contributed by atoms with Crippen molar-refractivity contribution in [3.8, 4) is 22.5 Å². The molecule has 3 N–H and O–H groups in total. The number of carbonyl (C=O) groups is 2. The molecule has 2 fully saturated rings. The number of hydrogen-bond donors (Lipinski definition) is 2. The van der Waals surface area contributed by atoms with Gasteiger partial charge in [0.25, 0.3) is 11.8 Å². The van der Waals surface area contributed by atoms with E-state index in [1.54, 1.807) is 42.7 Å². The molecule has 5 rings (SSSR count). The summed E-state index contributed by atoms with van der Waals surface area (Å²) in [5.41, 5.74) is 7.25. The number of nitrogens with one attached hydrogen (secondary N) is 1. The van der Waals surface area contributed by atoms with Crippen LogP contribution in [0.5, 0.6) is 5.88 Å². The highest BCUT2D eigenvalue weighted by molar-refractivity contribution is 7.16. The molecule has 2 aliphatic rings. The Morgan fingerprint density at radius 1 is 1.18 bits per heavy atom. The molecule has 1 aromatic carbocycles. The van der Waals surface area contributed by atoms with Crippen molar-refractivity contribution in [3.05, 3.63) is 64.8 Å². The number of ether oxygens (including phenoxy) is 1. The zero-order valence-corrected chi connectivity index (χ0v) is 18.5. The van der Waals surface area contributed by atoms with Gasteiger partial charge in [-0.2, -0.15) is 5.26 Å². The summed E-state index contributed by atoms with van der Waals surface area (Å²) in [4.78, 5) is 33.2. The van der Waals surface area contributed by atoms with Crippen molar-refractivity contribution >= 4 is 23.2 Å². The summed E-state index contributed by atoms with van der Waals surface area (Å²) in [5.74, 6) is -0.389. The standard InChI is InChI=1S/C24H21N5O3S/c25-12-14-3-1-4-15(7-14)23-28-13-19(33-23)21(31)29-16-8-24(9-16)10-17(11-24)32-22-18(20(26)30)5-2-6-27-22/h1-7,13,16-17H,8-11H2,(H2,26,30)(H,29,31). The van der Waals surface area contributed by atoms with E-state index in [2.05, 4.69) is 21.4 Å². The van der Waals surface area contributed by atoms with Crippen molar-refractivity contribution in [1.29, 1.82) is 5.26 Å². The third kappa shape index (κ3) is 4.17. The molecule has 3 aromatic rings. The molecule has 33 heavy (non-hydrogen) atoms. The zero-order chi connectivity index (χ0) is 23.0. The van der Waals surface area contributed by atoms with Crippen LogP contribution < -0.4 is 15.8 Å². The quantitative estimate of drug-likeness (QED) is 0.581. The fraction of sp³-hybridized carbons (Fsp3) is 0.292. The Morgan fingerprint density at radius 2 is 2.00 bits per heavy atom. The first-order valence-electron chi connectivity index (χ1n) is 10.6. The highest BCUT2D eigenvalue weighted by Gasteiger charge is 2.54. The van der Waals surface area contributed by atoms with Crippen molar-refractivity contribution in [2.45, 2.75) is 37.8 Å². The van der Waals surface area contributed by atoms with Crippen LogP contribution in [0.4, 0.5) is 0 Å². The van der Waals surface area contributed by atoms with Crippen LogP contribution in [0, 0.1) is 16.7 Å². The van der Waals surface area contributed by atoms with Crippen molar-refractivity contribution < 1.29 is 14.3 Å². The summed E-state index contributed by atoms with van der Waals surface area (Å²) in [7, 11) is 0. The van der Waals surface area contributed by atoms with Crippen LogP contribution in [-0.2, 0) is 0 Å². The summed E-state index contributed by atoms with van der Waals surface area (Å²) in [5, 5.41) is 12.9. The molecule has 2 heterocycles. The van der Waals surface area contributed by atoms with Gasteiger partial charge >= 0.3 is 0 Å². The van der Waals surface area contributed by atoms with Crippen molar-refractivity contribution in [2.24, 2.45) is 11.1 Å². The van der Waals surface area contributed by atoms with E-state index in [4.69, 9.17) is 15.7 Å². The largest absolute Gasteiger partial charge is 0.474 e. The molecule has 0 bridgehead atoms. The molecule has 2 aromatic heterocycles. The Bertz CT molecular complexity index is 1270. The molecule has 2 aliphatic carbocycles. The summed E-state index contributed by atoms with van der Waals surface area (Å²) in [6.07, 6.45) is 6.71. The number of nitrogens with zero attached hydrogens (tertiary/aromatic N) is 3. The topological polar surface area (TPSA) is 131 Å². The number of primary amides is 1.